The number of fused-ring (bicyclic) bond motifs is 3. The van der Waals surface area contributed by atoms with Gasteiger partial charge in [0.2, 0.25) is 5.91 Å². The van der Waals surface area contributed by atoms with E-state index in [1.807, 2.05) is 24.3 Å². The third-order valence-corrected chi connectivity index (χ3v) is 5.81. The number of hydrogen-bond acceptors (Lipinski definition) is 3. The van der Waals surface area contributed by atoms with Gasteiger partial charge in [0, 0.05) is 29.5 Å². The topological polar surface area (TPSA) is 94.2 Å². The molecule has 4 rings (SSSR count). The molecule has 1 aromatic heterocycles. The van der Waals surface area contributed by atoms with E-state index in [9.17, 15) is 14.7 Å². The Morgan fingerprint density at radius 1 is 1.20 bits per heavy atom. The van der Waals surface area contributed by atoms with Crippen LogP contribution in [-0.4, -0.2) is 41.1 Å². The first-order valence-corrected chi connectivity index (χ1v) is 8.92. The molecule has 0 aliphatic heterocycles. The first kappa shape index (κ1) is 16.1. The number of para-hydroxylation sites is 1. The Bertz CT molecular complexity index is 767. The van der Waals surface area contributed by atoms with Crippen molar-refractivity contribution in [3.8, 4) is 0 Å². The number of nitrogens with one attached hydrogen (secondary N) is 3. The molecule has 0 saturated heterocycles. The molecule has 2 fully saturated rings. The maximum atomic E-state index is 12.2. The molecule has 1 aromatic carbocycles. The third kappa shape index (κ3) is 3.02. The zero-order chi connectivity index (χ0) is 17.4. The van der Waals surface area contributed by atoms with Crippen molar-refractivity contribution in [1.82, 2.24) is 15.6 Å². The van der Waals surface area contributed by atoms with E-state index in [0.29, 0.717) is 17.5 Å². The molecule has 0 spiro atoms. The van der Waals surface area contributed by atoms with E-state index < -0.39 is 0 Å². The van der Waals surface area contributed by atoms with Gasteiger partial charge in [-0.3, -0.25) is 9.59 Å². The minimum Gasteiger partial charge on any atom is -0.396 e. The molecule has 2 aliphatic rings. The number of aliphatic hydroxyl groups excluding tert-OH is 1. The molecule has 2 amide bonds. The summed E-state index contributed by atoms with van der Waals surface area (Å²) in [5.41, 5.74) is 1.34. The van der Waals surface area contributed by atoms with Crippen LogP contribution < -0.4 is 10.6 Å². The average molecular weight is 341 g/mol. The van der Waals surface area contributed by atoms with Crippen LogP contribution in [0.2, 0.25) is 0 Å². The summed E-state index contributed by atoms with van der Waals surface area (Å²) in [4.78, 5) is 27.5. The van der Waals surface area contributed by atoms with Crippen LogP contribution in [-0.2, 0) is 4.79 Å². The molecule has 132 valence electrons. The van der Waals surface area contributed by atoms with Crippen LogP contribution in [0.1, 0.15) is 29.8 Å². The summed E-state index contributed by atoms with van der Waals surface area (Å²) in [6.45, 7) is 0.0633. The van der Waals surface area contributed by atoms with Crippen molar-refractivity contribution < 1.29 is 14.7 Å². The van der Waals surface area contributed by atoms with Gasteiger partial charge in [-0.05, 0) is 43.2 Å². The van der Waals surface area contributed by atoms with Gasteiger partial charge in [-0.25, -0.2) is 0 Å². The van der Waals surface area contributed by atoms with Gasteiger partial charge in [-0.2, -0.15) is 0 Å². The minimum absolute atomic E-state index is 0.0428. The third-order valence-electron chi connectivity index (χ3n) is 5.81. The van der Waals surface area contributed by atoms with Gasteiger partial charge >= 0.3 is 0 Å². The van der Waals surface area contributed by atoms with Gasteiger partial charge < -0.3 is 20.7 Å². The smallest absolute Gasteiger partial charge is 0.268 e. The maximum Gasteiger partial charge on any atom is 0.268 e. The lowest BCUT2D eigenvalue weighted by Crippen LogP contribution is -2.48. The fourth-order valence-electron chi connectivity index (χ4n) is 4.59. The van der Waals surface area contributed by atoms with Gasteiger partial charge in [0.25, 0.3) is 5.91 Å². The van der Waals surface area contributed by atoms with Crippen molar-refractivity contribution in [3.63, 3.8) is 0 Å². The van der Waals surface area contributed by atoms with E-state index in [4.69, 9.17) is 0 Å². The summed E-state index contributed by atoms with van der Waals surface area (Å²) in [6, 6.07) is 9.48. The number of aliphatic hydroxyl groups is 1. The van der Waals surface area contributed by atoms with Crippen LogP contribution >= 0.6 is 0 Å². The normalized spacial score (nSPS) is 27.6. The van der Waals surface area contributed by atoms with Crippen LogP contribution in [0.5, 0.6) is 0 Å². The molecular weight excluding hydrogens is 318 g/mol. The Balaban J connectivity index is 1.33. The summed E-state index contributed by atoms with van der Waals surface area (Å²) in [6.07, 6.45) is 3.37. The standard InChI is InChI=1S/C19H23N3O3/c23-10-14-11-5-6-13(7-11)18(14)22-17(24)9-20-19(25)16-8-12-3-1-2-4-15(12)21-16/h1-4,8,11,13-14,18,21,23H,5-7,9-10H2,(H,20,25)(H,22,24). The molecule has 2 saturated carbocycles. The van der Waals surface area contributed by atoms with Crippen LogP contribution in [0.4, 0.5) is 0 Å². The van der Waals surface area contributed by atoms with Gasteiger partial charge in [0.05, 0.1) is 6.54 Å². The Kier molecular flexibility index (Phi) is 4.21. The van der Waals surface area contributed by atoms with Crippen LogP contribution in [0.3, 0.4) is 0 Å². The number of amides is 2. The molecule has 4 atom stereocenters. The minimum atomic E-state index is -0.294. The van der Waals surface area contributed by atoms with Crippen molar-refractivity contribution in [3.05, 3.63) is 36.0 Å². The molecule has 25 heavy (non-hydrogen) atoms. The summed E-state index contributed by atoms with van der Waals surface area (Å²) >= 11 is 0. The Morgan fingerprint density at radius 2 is 2.00 bits per heavy atom. The lowest BCUT2D eigenvalue weighted by atomic mass is 9.85. The number of aromatic amines is 1. The molecule has 4 N–H and O–H groups in total. The van der Waals surface area contributed by atoms with E-state index in [0.717, 1.165) is 30.2 Å². The first-order chi connectivity index (χ1) is 12.2. The van der Waals surface area contributed by atoms with E-state index in [-0.39, 0.29) is 36.9 Å². The molecule has 2 aliphatic carbocycles. The number of carbonyl (C=O) groups excluding carboxylic acids is 2. The number of hydrogen-bond donors (Lipinski definition) is 4. The van der Waals surface area contributed by atoms with Crippen molar-refractivity contribution in [2.45, 2.75) is 25.3 Å². The molecule has 2 bridgehead atoms. The predicted molar refractivity (Wildman–Crippen MR) is 94.0 cm³/mol. The van der Waals surface area contributed by atoms with Gasteiger partial charge in [-0.15, -0.1) is 0 Å². The Morgan fingerprint density at radius 3 is 2.80 bits per heavy atom. The Hall–Kier alpha value is -2.34. The maximum absolute atomic E-state index is 12.2. The quantitative estimate of drug-likeness (QED) is 0.662. The van der Waals surface area contributed by atoms with Gasteiger partial charge in [0.1, 0.15) is 5.69 Å². The molecule has 0 radical (unpaired) electrons. The second-order valence-electron chi connectivity index (χ2n) is 7.23. The zero-order valence-corrected chi connectivity index (χ0v) is 14.0. The largest absolute Gasteiger partial charge is 0.396 e. The number of rotatable bonds is 5. The summed E-state index contributed by atoms with van der Waals surface area (Å²) < 4.78 is 0. The fraction of sp³-hybridized carbons (Fsp3) is 0.474. The zero-order valence-electron chi connectivity index (χ0n) is 14.0. The number of H-pyrrole nitrogens is 1. The lowest BCUT2D eigenvalue weighted by Gasteiger charge is -2.30. The van der Waals surface area contributed by atoms with Crippen LogP contribution in [0.15, 0.2) is 30.3 Å². The number of benzene rings is 1. The second-order valence-corrected chi connectivity index (χ2v) is 7.23. The summed E-state index contributed by atoms with van der Waals surface area (Å²) in [5.74, 6) is 0.669. The summed E-state index contributed by atoms with van der Waals surface area (Å²) in [5, 5.41) is 16.2. The molecule has 1 heterocycles. The number of aromatic nitrogens is 1. The first-order valence-electron chi connectivity index (χ1n) is 8.92. The van der Waals surface area contributed by atoms with Crippen LogP contribution in [0, 0.1) is 17.8 Å². The number of carbonyl (C=O) groups is 2. The second kappa shape index (κ2) is 6.52. The highest BCUT2D eigenvalue weighted by atomic mass is 16.3. The highest BCUT2D eigenvalue weighted by Gasteiger charge is 2.47. The van der Waals surface area contributed by atoms with Crippen LogP contribution in [0.25, 0.3) is 10.9 Å². The van der Waals surface area contributed by atoms with Crippen molar-refractivity contribution >= 4 is 22.7 Å². The van der Waals surface area contributed by atoms with E-state index >= 15 is 0 Å². The molecule has 6 heteroatoms. The van der Waals surface area contributed by atoms with E-state index in [1.165, 1.54) is 0 Å². The Labute approximate surface area is 146 Å². The van der Waals surface area contributed by atoms with Gasteiger partial charge in [0.15, 0.2) is 0 Å². The lowest BCUT2D eigenvalue weighted by molar-refractivity contribution is -0.121. The van der Waals surface area contributed by atoms with Gasteiger partial charge in [-0.1, -0.05) is 18.2 Å². The van der Waals surface area contributed by atoms with E-state index in [1.54, 1.807) is 6.07 Å². The van der Waals surface area contributed by atoms with Crippen molar-refractivity contribution in [2.75, 3.05) is 13.2 Å². The predicted octanol–water partition coefficient (Wildman–Crippen LogP) is 1.42. The highest BCUT2D eigenvalue weighted by Crippen LogP contribution is 2.48. The summed E-state index contributed by atoms with van der Waals surface area (Å²) in [7, 11) is 0. The fourth-order valence-corrected chi connectivity index (χ4v) is 4.59. The monoisotopic (exact) mass is 341 g/mol. The molecule has 6 nitrogen and oxygen atoms in total. The molecule has 2 aromatic rings. The highest BCUT2D eigenvalue weighted by molar-refractivity contribution is 5.99. The SMILES string of the molecule is O=C(CNC(=O)c1cc2ccccc2[nH]1)NC1C2CCC(C2)C1CO. The van der Waals surface area contributed by atoms with E-state index in [2.05, 4.69) is 15.6 Å². The van der Waals surface area contributed by atoms with Crippen molar-refractivity contribution in [2.24, 2.45) is 17.8 Å². The van der Waals surface area contributed by atoms with Crippen molar-refractivity contribution in [1.29, 1.82) is 0 Å². The average Bonchev–Trinajstić information content (AvgIpc) is 3.33. The molecular formula is C19H23N3O3. The molecule has 4 unspecified atom stereocenters.